The summed E-state index contributed by atoms with van der Waals surface area (Å²) in [5.74, 6) is 0.382. The van der Waals surface area contributed by atoms with Crippen LogP contribution in [0.15, 0.2) is 0 Å². The molecule has 0 spiro atoms. The molecule has 0 fully saturated rings. The molecule has 0 bridgehead atoms. The molecule has 1 amide bonds. The van der Waals surface area contributed by atoms with Crippen molar-refractivity contribution in [3.8, 4) is 0 Å². The molecule has 0 unspecified atom stereocenters. The van der Waals surface area contributed by atoms with Gasteiger partial charge in [-0.1, -0.05) is 33.6 Å². The van der Waals surface area contributed by atoms with Crippen LogP contribution in [0.5, 0.6) is 0 Å². The Morgan fingerprint density at radius 1 is 1.15 bits per heavy atom. The van der Waals surface area contributed by atoms with Crippen molar-refractivity contribution in [3.05, 3.63) is 0 Å². The molecule has 78 valence electrons. The maximum atomic E-state index is 11.5. The van der Waals surface area contributed by atoms with Crippen LogP contribution in [0.2, 0.25) is 0 Å². The minimum atomic E-state index is 0.171. The van der Waals surface area contributed by atoms with E-state index in [9.17, 15) is 4.79 Å². The highest BCUT2D eigenvalue weighted by Gasteiger charge is 2.13. The van der Waals surface area contributed by atoms with Crippen molar-refractivity contribution in [2.75, 3.05) is 0 Å². The van der Waals surface area contributed by atoms with E-state index in [0.29, 0.717) is 6.04 Å². The highest BCUT2D eigenvalue weighted by atomic mass is 16.1. The number of carbonyl (C=O) groups excluding carboxylic acids is 1. The molecule has 2 atom stereocenters. The molecule has 0 aliphatic carbocycles. The topological polar surface area (TPSA) is 29.1 Å². The largest absolute Gasteiger partial charge is 0.353 e. The number of nitrogens with one attached hydrogen (secondary N) is 1. The Labute approximate surface area is 82.1 Å². The number of rotatable bonds is 6. The Morgan fingerprint density at radius 2 is 1.69 bits per heavy atom. The van der Waals surface area contributed by atoms with Gasteiger partial charge in [-0.25, -0.2) is 0 Å². The van der Waals surface area contributed by atoms with E-state index in [0.717, 1.165) is 25.7 Å². The summed E-state index contributed by atoms with van der Waals surface area (Å²) >= 11 is 0. The summed E-state index contributed by atoms with van der Waals surface area (Å²) in [6.45, 7) is 8.31. The second-order valence-electron chi connectivity index (χ2n) is 3.89. The van der Waals surface area contributed by atoms with E-state index < -0.39 is 0 Å². The van der Waals surface area contributed by atoms with Gasteiger partial charge in [0.2, 0.25) is 5.91 Å². The first kappa shape index (κ1) is 12.5. The molecule has 0 rings (SSSR count). The van der Waals surface area contributed by atoms with Gasteiger partial charge >= 0.3 is 0 Å². The summed E-state index contributed by atoms with van der Waals surface area (Å²) in [7, 11) is 0. The molecule has 0 aliphatic rings. The third kappa shape index (κ3) is 5.67. The molecule has 0 heterocycles. The molecule has 0 aromatic heterocycles. The Balaban J connectivity index is 3.71. The molecule has 0 radical (unpaired) electrons. The first-order valence-electron chi connectivity index (χ1n) is 5.42. The van der Waals surface area contributed by atoms with Gasteiger partial charge in [0, 0.05) is 12.0 Å². The van der Waals surface area contributed by atoms with Gasteiger partial charge in [-0.05, 0) is 19.8 Å². The molecular weight excluding hydrogens is 162 g/mol. The van der Waals surface area contributed by atoms with Gasteiger partial charge in [0.25, 0.3) is 0 Å². The Morgan fingerprint density at radius 3 is 2.15 bits per heavy atom. The van der Waals surface area contributed by atoms with E-state index in [1.807, 2.05) is 6.92 Å². The Kier molecular flexibility index (Phi) is 6.65. The summed E-state index contributed by atoms with van der Waals surface area (Å²) in [4.78, 5) is 11.5. The van der Waals surface area contributed by atoms with Crippen molar-refractivity contribution < 1.29 is 4.79 Å². The number of hydrogen-bond acceptors (Lipinski definition) is 1. The van der Waals surface area contributed by atoms with E-state index >= 15 is 0 Å². The summed E-state index contributed by atoms with van der Waals surface area (Å²) in [6, 6.07) is 0.330. The average Bonchev–Trinajstić information content (AvgIpc) is 2.05. The van der Waals surface area contributed by atoms with Crippen molar-refractivity contribution in [1.82, 2.24) is 5.32 Å². The predicted octanol–water partition coefficient (Wildman–Crippen LogP) is 2.73. The highest BCUT2D eigenvalue weighted by molar-refractivity contribution is 5.78. The monoisotopic (exact) mass is 185 g/mol. The van der Waals surface area contributed by atoms with Crippen LogP contribution >= 0.6 is 0 Å². The number of hydrogen-bond donors (Lipinski definition) is 1. The van der Waals surface area contributed by atoms with Gasteiger partial charge in [-0.3, -0.25) is 4.79 Å². The lowest BCUT2D eigenvalue weighted by molar-refractivity contribution is -0.125. The van der Waals surface area contributed by atoms with E-state index in [-0.39, 0.29) is 11.8 Å². The normalized spacial score (nSPS) is 15.1. The van der Waals surface area contributed by atoms with Crippen molar-refractivity contribution in [2.24, 2.45) is 5.92 Å². The molecule has 0 aromatic rings. The van der Waals surface area contributed by atoms with Gasteiger partial charge in [0.05, 0.1) is 0 Å². The highest BCUT2D eigenvalue weighted by Crippen LogP contribution is 2.06. The smallest absolute Gasteiger partial charge is 0.223 e. The second kappa shape index (κ2) is 6.93. The van der Waals surface area contributed by atoms with Crippen LogP contribution in [0.25, 0.3) is 0 Å². The Hall–Kier alpha value is -0.530. The van der Waals surface area contributed by atoms with Crippen molar-refractivity contribution in [1.29, 1.82) is 0 Å². The zero-order valence-corrected chi connectivity index (χ0v) is 9.39. The summed E-state index contributed by atoms with van der Waals surface area (Å²) in [5.41, 5.74) is 0. The second-order valence-corrected chi connectivity index (χ2v) is 3.89. The molecule has 2 heteroatoms. The maximum Gasteiger partial charge on any atom is 0.223 e. The SMILES string of the molecule is CCC[C@H](C)NC(=O)[C@@H](C)CCC. The zero-order valence-electron chi connectivity index (χ0n) is 9.39. The summed E-state index contributed by atoms with van der Waals surface area (Å²) in [6.07, 6.45) is 4.27. The molecular formula is C11H23NO. The molecule has 0 saturated heterocycles. The van der Waals surface area contributed by atoms with E-state index in [1.54, 1.807) is 0 Å². The molecule has 1 N–H and O–H groups in total. The fourth-order valence-electron chi connectivity index (χ4n) is 1.45. The summed E-state index contributed by atoms with van der Waals surface area (Å²) in [5, 5.41) is 3.03. The van der Waals surface area contributed by atoms with Crippen LogP contribution in [-0.4, -0.2) is 11.9 Å². The quantitative estimate of drug-likeness (QED) is 0.677. The maximum absolute atomic E-state index is 11.5. The fourth-order valence-corrected chi connectivity index (χ4v) is 1.45. The van der Waals surface area contributed by atoms with Gasteiger partial charge in [0.1, 0.15) is 0 Å². The molecule has 0 aromatic carbocycles. The predicted molar refractivity (Wildman–Crippen MR) is 56.6 cm³/mol. The van der Waals surface area contributed by atoms with Crippen LogP contribution in [0.4, 0.5) is 0 Å². The third-order valence-corrected chi connectivity index (χ3v) is 2.28. The van der Waals surface area contributed by atoms with Gasteiger partial charge in [-0.2, -0.15) is 0 Å². The van der Waals surface area contributed by atoms with Crippen LogP contribution in [0, 0.1) is 5.92 Å². The van der Waals surface area contributed by atoms with Crippen molar-refractivity contribution in [2.45, 2.75) is 59.4 Å². The van der Waals surface area contributed by atoms with E-state index in [4.69, 9.17) is 0 Å². The minimum absolute atomic E-state index is 0.171. The minimum Gasteiger partial charge on any atom is -0.353 e. The molecule has 2 nitrogen and oxygen atoms in total. The van der Waals surface area contributed by atoms with Gasteiger partial charge < -0.3 is 5.32 Å². The van der Waals surface area contributed by atoms with Crippen LogP contribution in [0.1, 0.15) is 53.4 Å². The Bertz CT molecular complexity index is 145. The fraction of sp³-hybridized carbons (Fsp3) is 0.909. The van der Waals surface area contributed by atoms with Gasteiger partial charge in [-0.15, -0.1) is 0 Å². The molecule has 0 aliphatic heterocycles. The first-order valence-corrected chi connectivity index (χ1v) is 5.42. The summed E-state index contributed by atoms with van der Waals surface area (Å²) < 4.78 is 0. The first-order chi connectivity index (χ1) is 6.11. The number of carbonyl (C=O) groups is 1. The van der Waals surface area contributed by atoms with Gasteiger partial charge in [0.15, 0.2) is 0 Å². The van der Waals surface area contributed by atoms with Crippen molar-refractivity contribution in [3.63, 3.8) is 0 Å². The lowest BCUT2D eigenvalue weighted by Crippen LogP contribution is -2.36. The average molecular weight is 185 g/mol. The lowest BCUT2D eigenvalue weighted by atomic mass is 10.0. The number of amides is 1. The molecule has 13 heavy (non-hydrogen) atoms. The van der Waals surface area contributed by atoms with Crippen LogP contribution < -0.4 is 5.32 Å². The third-order valence-electron chi connectivity index (χ3n) is 2.28. The standard InChI is InChI=1S/C11H23NO/c1-5-7-9(3)11(13)12-10(4)8-6-2/h9-10H,5-8H2,1-4H3,(H,12,13)/t9-,10-/m0/s1. The van der Waals surface area contributed by atoms with Crippen molar-refractivity contribution >= 4 is 5.91 Å². The van der Waals surface area contributed by atoms with Crippen LogP contribution in [-0.2, 0) is 4.79 Å². The zero-order chi connectivity index (χ0) is 10.3. The lowest BCUT2D eigenvalue weighted by Gasteiger charge is -2.16. The van der Waals surface area contributed by atoms with Crippen LogP contribution in [0.3, 0.4) is 0 Å². The molecule has 0 saturated carbocycles. The van der Waals surface area contributed by atoms with E-state index in [2.05, 4.69) is 26.1 Å². The van der Waals surface area contributed by atoms with E-state index in [1.165, 1.54) is 0 Å².